The van der Waals surface area contributed by atoms with Gasteiger partial charge in [0.1, 0.15) is 0 Å². The molecule has 0 aromatic carbocycles. The van der Waals surface area contributed by atoms with Gasteiger partial charge in [0.2, 0.25) is 0 Å². The summed E-state index contributed by atoms with van der Waals surface area (Å²) in [5.41, 5.74) is -0.752. The van der Waals surface area contributed by atoms with Crippen LogP contribution in [0.2, 0.25) is 0 Å². The van der Waals surface area contributed by atoms with Crippen LogP contribution in [0.15, 0.2) is 17.2 Å². The molecule has 1 aromatic rings. The molecule has 0 aliphatic carbocycles. The summed E-state index contributed by atoms with van der Waals surface area (Å²) in [5.74, 6) is 0.273. The van der Waals surface area contributed by atoms with Gasteiger partial charge in [-0.1, -0.05) is 0 Å². The number of anilines is 1. The van der Waals surface area contributed by atoms with E-state index in [-0.39, 0.29) is 11.4 Å². The number of nitrogens with zero attached hydrogens (tertiary/aromatic N) is 2. The van der Waals surface area contributed by atoms with Gasteiger partial charge in [0, 0.05) is 18.9 Å². The maximum atomic E-state index is 11.9. The van der Waals surface area contributed by atoms with Gasteiger partial charge in [0.05, 0.1) is 11.6 Å². The maximum Gasteiger partial charge on any atom is 0.293 e. The van der Waals surface area contributed by atoms with Gasteiger partial charge < -0.3 is 15.0 Å². The molecule has 0 radical (unpaired) electrons. The van der Waals surface area contributed by atoms with Crippen LogP contribution in [0.25, 0.3) is 0 Å². The van der Waals surface area contributed by atoms with E-state index in [1.807, 2.05) is 20.8 Å². The SMILES string of the molecule is CCn1ccnc(NC(C)(C)C(C)O)c1=O. The summed E-state index contributed by atoms with van der Waals surface area (Å²) in [5, 5.41) is 12.5. The second kappa shape index (κ2) is 4.65. The number of hydrogen-bond acceptors (Lipinski definition) is 4. The van der Waals surface area contributed by atoms with Crippen molar-refractivity contribution in [2.75, 3.05) is 5.32 Å². The van der Waals surface area contributed by atoms with Gasteiger partial charge in [-0.2, -0.15) is 0 Å². The van der Waals surface area contributed by atoms with E-state index in [0.29, 0.717) is 6.54 Å². The van der Waals surface area contributed by atoms with Crippen molar-refractivity contribution in [3.8, 4) is 0 Å². The normalized spacial score (nSPS) is 13.6. The number of aryl methyl sites for hydroxylation is 1. The minimum Gasteiger partial charge on any atom is -0.391 e. The molecule has 2 N–H and O–H groups in total. The maximum absolute atomic E-state index is 11.9. The Morgan fingerprint density at radius 2 is 2.25 bits per heavy atom. The second-order valence-electron chi connectivity index (χ2n) is 4.39. The third kappa shape index (κ3) is 2.61. The van der Waals surface area contributed by atoms with Crippen molar-refractivity contribution < 1.29 is 5.11 Å². The molecule has 0 saturated carbocycles. The molecule has 0 aliphatic heterocycles. The predicted octanol–water partition coefficient (Wildman–Crippen LogP) is 0.834. The fraction of sp³-hybridized carbons (Fsp3) is 0.636. The molecule has 5 nitrogen and oxygen atoms in total. The number of aromatic nitrogens is 2. The van der Waals surface area contributed by atoms with Gasteiger partial charge in [0.25, 0.3) is 5.56 Å². The molecule has 0 aliphatic rings. The summed E-state index contributed by atoms with van der Waals surface area (Å²) in [7, 11) is 0. The van der Waals surface area contributed by atoms with Crippen LogP contribution in [-0.4, -0.2) is 26.3 Å². The fourth-order valence-electron chi connectivity index (χ4n) is 1.19. The number of rotatable bonds is 4. The molecule has 0 fully saturated rings. The highest BCUT2D eigenvalue weighted by atomic mass is 16.3. The van der Waals surface area contributed by atoms with Gasteiger partial charge in [0.15, 0.2) is 5.82 Å². The molecular formula is C11H19N3O2. The van der Waals surface area contributed by atoms with Crippen LogP contribution < -0.4 is 10.9 Å². The number of hydrogen-bond donors (Lipinski definition) is 2. The molecule has 1 rings (SSSR count). The van der Waals surface area contributed by atoms with Crippen LogP contribution in [0.5, 0.6) is 0 Å². The Kier molecular flexibility index (Phi) is 3.70. The topological polar surface area (TPSA) is 67.2 Å². The third-order valence-electron chi connectivity index (χ3n) is 2.74. The van der Waals surface area contributed by atoms with E-state index in [0.717, 1.165) is 0 Å². The molecule has 1 aromatic heterocycles. The quantitative estimate of drug-likeness (QED) is 0.796. The lowest BCUT2D eigenvalue weighted by molar-refractivity contribution is 0.133. The first-order chi connectivity index (χ1) is 7.38. The fourth-order valence-corrected chi connectivity index (χ4v) is 1.19. The van der Waals surface area contributed by atoms with Gasteiger partial charge in [-0.15, -0.1) is 0 Å². The van der Waals surface area contributed by atoms with Crippen molar-refractivity contribution in [2.45, 2.75) is 45.9 Å². The Balaban J connectivity index is 3.03. The van der Waals surface area contributed by atoms with Gasteiger partial charge in [-0.3, -0.25) is 4.79 Å². The summed E-state index contributed by atoms with van der Waals surface area (Å²) in [6, 6.07) is 0. The summed E-state index contributed by atoms with van der Waals surface area (Å²) >= 11 is 0. The Morgan fingerprint density at radius 3 is 2.75 bits per heavy atom. The van der Waals surface area contributed by atoms with Crippen LogP contribution >= 0.6 is 0 Å². The van der Waals surface area contributed by atoms with Crippen molar-refractivity contribution in [3.63, 3.8) is 0 Å². The first kappa shape index (κ1) is 12.7. The van der Waals surface area contributed by atoms with Crippen molar-refractivity contribution >= 4 is 5.82 Å². The van der Waals surface area contributed by atoms with Crippen molar-refractivity contribution in [3.05, 3.63) is 22.7 Å². The lowest BCUT2D eigenvalue weighted by Crippen LogP contribution is -2.44. The Labute approximate surface area is 95.1 Å². The Bertz CT molecular complexity index is 410. The molecule has 0 bridgehead atoms. The summed E-state index contributed by atoms with van der Waals surface area (Å²) in [6.07, 6.45) is 2.64. The smallest absolute Gasteiger partial charge is 0.293 e. The average Bonchev–Trinajstić information content (AvgIpc) is 2.20. The van der Waals surface area contributed by atoms with Crippen molar-refractivity contribution in [1.82, 2.24) is 9.55 Å². The van der Waals surface area contributed by atoms with Crippen LogP contribution in [0, 0.1) is 0 Å². The van der Waals surface area contributed by atoms with Crippen LogP contribution in [0.4, 0.5) is 5.82 Å². The van der Waals surface area contributed by atoms with E-state index in [4.69, 9.17) is 0 Å². The lowest BCUT2D eigenvalue weighted by Gasteiger charge is -2.29. The summed E-state index contributed by atoms with van der Waals surface area (Å²) in [4.78, 5) is 15.9. The van der Waals surface area contributed by atoms with E-state index in [9.17, 15) is 9.90 Å². The molecule has 16 heavy (non-hydrogen) atoms. The van der Waals surface area contributed by atoms with Crippen LogP contribution in [0.1, 0.15) is 27.7 Å². The predicted molar refractivity (Wildman–Crippen MR) is 63.6 cm³/mol. The van der Waals surface area contributed by atoms with Gasteiger partial charge >= 0.3 is 0 Å². The summed E-state index contributed by atoms with van der Waals surface area (Å²) in [6.45, 7) is 7.81. The molecule has 1 heterocycles. The number of nitrogens with one attached hydrogen (secondary N) is 1. The highest BCUT2D eigenvalue weighted by molar-refractivity contribution is 5.34. The third-order valence-corrected chi connectivity index (χ3v) is 2.74. The average molecular weight is 225 g/mol. The second-order valence-corrected chi connectivity index (χ2v) is 4.39. The zero-order valence-corrected chi connectivity index (χ0v) is 10.2. The van der Waals surface area contributed by atoms with E-state index in [1.165, 1.54) is 0 Å². The molecule has 5 heteroatoms. The van der Waals surface area contributed by atoms with Gasteiger partial charge in [-0.05, 0) is 27.7 Å². The number of aliphatic hydroxyl groups excluding tert-OH is 1. The molecular weight excluding hydrogens is 206 g/mol. The number of aliphatic hydroxyl groups is 1. The van der Waals surface area contributed by atoms with Gasteiger partial charge in [-0.25, -0.2) is 4.98 Å². The highest BCUT2D eigenvalue weighted by Crippen LogP contribution is 2.13. The first-order valence-electron chi connectivity index (χ1n) is 5.40. The molecule has 0 saturated heterocycles. The van der Waals surface area contributed by atoms with Crippen molar-refractivity contribution in [1.29, 1.82) is 0 Å². The van der Waals surface area contributed by atoms with E-state index in [1.54, 1.807) is 23.9 Å². The standard InChI is InChI=1S/C11H19N3O2/c1-5-14-7-6-12-9(10(14)16)13-11(3,4)8(2)15/h6-8,15H,5H2,1-4H3,(H,12,13). The molecule has 0 amide bonds. The minimum absolute atomic E-state index is 0.168. The zero-order valence-electron chi connectivity index (χ0n) is 10.2. The monoisotopic (exact) mass is 225 g/mol. The highest BCUT2D eigenvalue weighted by Gasteiger charge is 2.25. The van der Waals surface area contributed by atoms with E-state index in [2.05, 4.69) is 10.3 Å². The minimum atomic E-state index is -0.584. The molecule has 1 unspecified atom stereocenters. The van der Waals surface area contributed by atoms with E-state index < -0.39 is 11.6 Å². The van der Waals surface area contributed by atoms with E-state index >= 15 is 0 Å². The molecule has 1 atom stereocenters. The van der Waals surface area contributed by atoms with Crippen LogP contribution in [0.3, 0.4) is 0 Å². The Morgan fingerprint density at radius 1 is 1.62 bits per heavy atom. The van der Waals surface area contributed by atoms with Crippen LogP contribution in [-0.2, 0) is 6.54 Å². The first-order valence-corrected chi connectivity index (χ1v) is 5.40. The molecule has 90 valence electrons. The largest absolute Gasteiger partial charge is 0.391 e. The summed E-state index contributed by atoms with van der Waals surface area (Å²) < 4.78 is 1.56. The van der Waals surface area contributed by atoms with Crippen molar-refractivity contribution in [2.24, 2.45) is 0 Å². The zero-order chi connectivity index (χ0) is 12.3. The Hall–Kier alpha value is -1.36. The lowest BCUT2D eigenvalue weighted by atomic mass is 9.99. The molecule has 0 spiro atoms.